The summed E-state index contributed by atoms with van der Waals surface area (Å²) in [7, 11) is 0. The van der Waals surface area contributed by atoms with E-state index in [0.717, 1.165) is 0 Å². The summed E-state index contributed by atoms with van der Waals surface area (Å²) in [6, 6.07) is 0. The zero-order valence-electron chi connectivity index (χ0n) is 8.62. The summed E-state index contributed by atoms with van der Waals surface area (Å²) in [6.07, 6.45) is 1.67. The van der Waals surface area contributed by atoms with E-state index < -0.39 is 5.91 Å². The lowest BCUT2D eigenvalue weighted by Crippen LogP contribution is -2.36. The molecule has 0 unspecified atom stereocenters. The lowest BCUT2D eigenvalue weighted by Gasteiger charge is -2.05. The van der Waals surface area contributed by atoms with Gasteiger partial charge >= 0.3 is 0 Å². The first-order chi connectivity index (χ1) is 7.16. The van der Waals surface area contributed by atoms with E-state index >= 15 is 0 Å². The molecular formula is C9H17N3O3. The minimum atomic E-state index is -0.519. The molecule has 0 saturated carbocycles. The lowest BCUT2D eigenvalue weighted by atomic mass is 10.5. The quantitative estimate of drug-likeness (QED) is 0.318. The molecule has 0 saturated heterocycles. The summed E-state index contributed by atoms with van der Waals surface area (Å²) in [6.45, 7) is 4.85. The average Bonchev–Trinajstić information content (AvgIpc) is 2.17. The molecule has 6 nitrogen and oxygen atoms in total. The van der Waals surface area contributed by atoms with E-state index in [0.29, 0.717) is 13.1 Å². The Balaban J connectivity index is 3.23. The van der Waals surface area contributed by atoms with Crippen LogP contribution in [0.15, 0.2) is 12.7 Å². The van der Waals surface area contributed by atoms with Gasteiger partial charge in [0.25, 0.3) is 0 Å². The van der Waals surface area contributed by atoms with Gasteiger partial charge < -0.3 is 21.1 Å². The van der Waals surface area contributed by atoms with Crippen molar-refractivity contribution >= 4 is 11.8 Å². The van der Waals surface area contributed by atoms with Crippen LogP contribution in [-0.2, 0) is 14.3 Å². The molecular weight excluding hydrogens is 198 g/mol. The normalized spacial score (nSPS) is 9.60. The number of carbonyl (C=O) groups is 2. The van der Waals surface area contributed by atoms with Gasteiger partial charge in [0.05, 0.1) is 13.2 Å². The Morgan fingerprint density at radius 1 is 1.47 bits per heavy atom. The number of amides is 2. The van der Waals surface area contributed by atoms with Gasteiger partial charge in [0.1, 0.15) is 6.61 Å². The predicted octanol–water partition coefficient (Wildman–Crippen LogP) is -1.62. The number of nitrogens with two attached hydrogens (primary N) is 1. The highest BCUT2D eigenvalue weighted by Crippen LogP contribution is 1.72. The highest BCUT2D eigenvalue weighted by Gasteiger charge is 1.98. The van der Waals surface area contributed by atoms with Gasteiger partial charge in [0.2, 0.25) is 11.8 Å². The third kappa shape index (κ3) is 10.5. The molecule has 6 heteroatoms. The summed E-state index contributed by atoms with van der Waals surface area (Å²) in [4.78, 5) is 21.3. The van der Waals surface area contributed by atoms with Gasteiger partial charge in [-0.05, 0) is 0 Å². The minimum Gasteiger partial charge on any atom is -0.370 e. The molecule has 0 aliphatic rings. The summed E-state index contributed by atoms with van der Waals surface area (Å²) in [5.41, 5.74) is 4.84. The first-order valence-corrected chi connectivity index (χ1v) is 4.61. The van der Waals surface area contributed by atoms with E-state index in [4.69, 9.17) is 10.5 Å². The van der Waals surface area contributed by atoms with Crippen LogP contribution in [0.1, 0.15) is 0 Å². The highest BCUT2D eigenvalue weighted by molar-refractivity contribution is 5.78. The molecule has 4 N–H and O–H groups in total. The molecule has 86 valence electrons. The maximum atomic E-state index is 11.1. The molecule has 0 aliphatic heterocycles. The van der Waals surface area contributed by atoms with Gasteiger partial charge in [0.15, 0.2) is 0 Å². The van der Waals surface area contributed by atoms with Crippen molar-refractivity contribution in [2.45, 2.75) is 0 Å². The lowest BCUT2D eigenvalue weighted by molar-refractivity contribution is -0.122. The largest absolute Gasteiger partial charge is 0.370 e. The van der Waals surface area contributed by atoms with Crippen molar-refractivity contribution in [2.24, 2.45) is 5.73 Å². The van der Waals surface area contributed by atoms with E-state index in [-0.39, 0.29) is 25.7 Å². The Kier molecular flexibility index (Phi) is 8.31. The fraction of sp³-hybridized carbons (Fsp3) is 0.556. The van der Waals surface area contributed by atoms with E-state index in [1.165, 1.54) is 0 Å². The van der Waals surface area contributed by atoms with Gasteiger partial charge in [0, 0.05) is 13.1 Å². The molecule has 0 aromatic carbocycles. The van der Waals surface area contributed by atoms with E-state index in [1.807, 2.05) is 0 Å². The first kappa shape index (κ1) is 13.6. The fourth-order valence-corrected chi connectivity index (χ4v) is 0.786. The van der Waals surface area contributed by atoms with Crippen LogP contribution in [0, 0.1) is 0 Å². The maximum absolute atomic E-state index is 11.1. The van der Waals surface area contributed by atoms with Crippen LogP contribution < -0.4 is 16.4 Å². The summed E-state index contributed by atoms with van der Waals surface area (Å²) >= 11 is 0. The van der Waals surface area contributed by atoms with Crippen molar-refractivity contribution < 1.29 is 14.3 Å². The third-order valence-electron chi connectivity index (χ3n) is 1.39. The number of primary amides is 1. The van der Waals surface area contributed by atoms with Crippen molar-refractivity contribution in [1.29, 1.82) is 0 Å². The van der Waals surface area contributed by atoms with Crippen LogP contribution in [0.5, 0.6) is 0 Å². The van der Waals surface area contributed by atoms with Crippen LogP contribution in [0.4, 0.5) is 0 Å². The van der Waals surface area contributed by atoms with Gasteiger partial charge in [-0.15, -0.1) is 6.58 Å². The van der Waals surface area contributed by atoms with Crippen molar-refractivity contribution in [3.05, 3.63) is 12.7 Å². The molecule has 0 rings (SSSR count). The van der Waals surface area contributed by atoms with E-state index in [9.17, 15) is 9.59 Å². The second-order valence-electron chi connectivity index (χ2n) is 2.79. The number of hydrogen-bond acceptors (Lipinski definition) is 4. The third-order valence-corrected chi connectivity index (χ3v) is 1.39. The average molecular weight is 215 g/mol. The Bertz CT molecular complexity index is 219. The van der Waals surface area contributed by atoms with Gasteiger partial charge in [-0.1, -0.05) is 6.08 Å². The van der Waals surface area contributed by atoms with Crippen LogP contribution >= 0.6 is 0 Å². The Morgan fingerprint density at radius 2 is 2.20 bits per heavy atom. The van der Waals surface area contributed by atoms with Gasteiger partial charge in [-0.25, -0.2) is 0 Å². The molecule has 0 spiro atoms. The molecule has 0 aromatic rings. The van der Waals surface area contributed by atoms with Crippen LogP contribution in [0.3, 0.4) is 0 Å². The number of nitrogens with one attached hydrogen (secondary N) is 2. The number of ether oxygens (including phenoxy) is 1. The van der Waals surface area contributed by atoms with Crippen molar-refractivity contribution in [1.82, 2.24) is 10.6 Å². The Labute approximate surface area is 88.8 Å². The second-order valence-corrected chi connectivity index (χ2v) is 2.79. The molecule has 0 atom stereocenters. The van der Waals surface area contributed by atoms with E-state index in [2.05, 4.69) is 17.2 Å². The smallest absolute Gasteiger partial charge is 0.243 e. The molecule has 0 heterocycles. The standard InChI is InChI=1S/C9H17N3O3/c1-2-3-11-6-9(14)12-4-5-15-7-8(10)13/h2,11H,1,3-7H2,(H2,10,13)(H,12,14). The zero-order valence-corrected chi connectivity index (χ0v) is 8.62. The van der Waals surface area contributed by atoms with Crippen molar-refractivity contribution in [3.63, 3.8) is 0 Å². The molecule has 2 amide bonds. The first-order valence-electron chi connectivity index (χ1n) is 4.61. The Morgan fingerprint density at radius 3 is 2.80 bits per heavy atom. The molecule has 15 heavy (non-hydrogen) atoms. The SMILES string of the molecule is C=CCNCC(=O)NCCOCC(N)=O. The van der Waals surface area contributed by atoms with Crippen LogP contribution in [0.25, 0.3) is 0 Å². The zero-order chi connectivity index (χ0) is 11.5. The van der Waals surface area contributed by atoms with Gasteiger partial charge in [-0.3, -0.25) is 9.59 Å². The molecule has 0 bridgehead atoms. The fourth-order valence-electron chi connectivity index (χ4n) is 0.786. The minimum absolute atomic E-state index is 0.120. The molecule has 0 aliphatic carbocycles. The predicted molar refractivity (Wildman–Crippen MR) is 56.1 cm³/mol. The van der Waals surface area contributed by atoms with Crippen molar-refractivity contribution in [2.75, 3.05) is 32.8 Å². The molecule has 0 radical (unpaired) electrons. The topological polar surface area (TPSA) is 93.4 Å². The number of carbonyl (C=O) groups excluding carboxylic acids is 2. The van der Waals surface area contributed by atoms with Gasteiger partial charge in [-0.2, -0.15) is 0 Å². The Hall–Kier alpha value is -1.40. The summed E-state index contributed by atoms with van der Waals surface area (Å²) < 4.78 is 4.85. The molecule has 0 aromatic heterocycles. The second kappa shape index (κ2) is 9.17. The highest BCUT2D eigenvalue weighted by atomic mass is 16.5. The number of rotatable bonds is 9. The maximum Gasteiger partial charge on any atom is 0.243 e. The summed E-state index contributed by atoms with van der Waals surface area (Å²) in [5, 5.41) is 5.45. The van der Waals surface area contributed by atoms with Crippen LogP contribution in [0.2, 0.25) is 0 Å². The van der Waals surface area contributed by atoms with Crippen molar-refractivity contribution in [3.8, 4) is 0 Å². The number of hydrogen-bond donors (Lipinski definition) is 3. The molecule has 0 fully saturated rings. The van der Waals surface area contributed by atoms with E-state index in [1.54, 1.807) is 6.08 Å². The monoisotopic (exact) mass is 215 g/mol. The van der Waals surface area contributed by atoms with Crippen LogP contribution in [-0.4, -0.2) is 44.7 Å². The summed E-state index contributed by atoms with van der Waals surface area (Å²) in [5.74, 6) is -0.645.